The smallest absolute Gasteiger partial charge is 0.335 e. The monoisotopic (exact) mass is 710 g/mol. The van der Waals surface area contributed by atoms with Crippen LogP contribution in [0.3, 0.4) is 0 Å². The molecule has 3 aliphatic heterocycles. The second-order valence-corrected chi connectivity index (χ2v) is 12.2. The molecular formula is C34H62O15. The van der Waals surface area contributed by atoms with E-state index in [1.165, 1.54) is 7.11 Å². The molecule has 3 fully saturated rings. The lowest BCUT2D eigenvalue weighted by Gasteiger charge is -2.45. The van der Waals surface area contributed by atoms with Crippen molar-refractivity contribution in [1.82, 2.24) is 0 Å². The van der Waals surface area contributed by atoms with Gasteiger partial charge in [-0.05, 0) is 19.3 Å². The van der Waals surface area contributed by atoms with Gasteiger partial charge < -0.3 is 66.7 Å². The standard InChI is InChI=1S/C34H62O15/c1-6-9-12-41-23-24-25(42-13-10-7-2)26-30(33(37-4)48-24)46-21-17-40-16-20-45-28-27(43-14-11-8-3)29(32(35)36)49-34(38-5)31(28)47-22-18-39-15-19-44-26/h24-31,33-34H,6-23H2,1-5H3,(H,35,36)/t24-,25-,26+,27+,28+,29+,30-,31-,33+,34+/m1/s1. The molecule has 1 N–H and O–H groups in total. The fraction of sp³-hybridized carbons (Fsp3) is 0.971. The Morgan fingerprint density at radius 2 is 1.06 bits per heavy atom. The molecule has 10 atom stereocenters. The third-order valence-electron chi connectivity index (χ3n) is 8.49. The molecule has 15 heteroatoms. The molecule has 0 unspecified atom stereocenters. The first kappa shape index (κ1) is 42.4. The van der Waals surface area contributed by atoms with Crippen LogP contribution in [0.2, 0.25) is 0 Å². The maximum Gasteiger partial charge on any atom is 0.335 e. The average molecular weight is 711 g/mol. The van der Waals surface area contributed by atoms with Crippen LogP contribution in [0.1, 0.15) is 59.3 Å². The Bertz CT molecular complexity index is 852. The van der Waals surface area contributed by atoms with Crippen LogP contribution in [0, 0.1) is 0 Å². The van der Waals surface area contributed by atoms with Crippen LogP contribution in [0.25, 0.3) is 0 Å². The summed E-state index contributed by atoms with van der Waals surface area (Å²) in [5.74, 6) is -1.17. The normalized spacial score (nSPS) is 34.3. The molecule has 0 saturated carbocycles. The molecule has 0 aliphatic carbocycles. The van der Waals surface area contributed by atoms with E-state index in [0.717, 1.165) is 38.5 Å². The third kappa shape index (κ3) is 13.8. The number of methoxy groups -OCH3 is 2. The third-order valence-corrected chi connectivity index (χ3v) is 8.49. The lowest BCUT2D eigenvalue weighted by atomic mass is 9.98. The predicted octanol–water partition coefficient (Wildman–Crippen LogP) is 2.59. The summed E-state index contributed by atoms with van der Waals surface area (Å²) in [5, 5.41) is 9.96. The van der Waals surface area contributed by atoms with Gasteiger partial charge in [-0.15, -0.1) is 0 Å². The van der Waals surface area contributed by atoms with E-state index >= 15 is 0 Å². The molecule has 3 rings (SSSR count). The van der Waals surface area contributed by atoms with E-state index in [9.17, 15) is 9.90 Å². The molecule has 3 heterocycles. The molecule has 0 bridgehead atoms. The van der Waals surface area contributed by atoms with Crippen molar-refractivity contribution in [2.45, 2.75) is 121 Å². The Kier molecular flexibility index (Phi) is 21.6. The number of carboxylic acid groups (broad SMARTS) is 1. The molecule has 49 heavy (non-hydrogen) atoms. The van der Waals surface area contributed by atoms with Crippen molar-refractivity contribution in [1.29, 1.82) is 0 Å². The van der Waals surface area contributed by atoms with Gasteiger partial charge in [0.2, 0.25) is 0 Å². The number of carbonyl (C=O) groups is 1. The van der Waals surface area contributed by atoms with Gasteiger partial charge in [0.1, 0.15) is 42.7 Å². The minimum Gasteiger partial charge on any atom is -0.479 e. The molecule has 0 aromatic carbocycles. The lowest BCUT2D eigenvalue weighted by Crippen LogP contribution is -2.63. The maximum absolute atomic E-state index is 12.2. The summed E-state index contributed by atoms with van der Waals surface area (Å²) in [5.41, 5.74) is 0. The van der Waals surface area contributed by atoms with Crippen LogP contribution in [-0.4, -0.2) is 166 Å². The van der Waals surface area contributed by atoms with E-state index in [-0.39, 0.29) is 52.9 Å². The average Bonchev–Trinajstić information content (AvgIpc) is 3.10. The van der Waals surface area contributed by atoms with Crippen LogP contribution in [0.5, 0.6) is 0 Å². The number of ether oxygens (including phenoxy) is 13. The molecule has 0 amide bonds. The molecule has 0 radical (unpaired) electrons. The van der Waals surface area contributed by atoms with Crippen molar-refractivity contribution in [2.75, 3.05) is 93.5 Å². The number of carboxylic acids is 1. The molecule has 0 aromatic rings. The minimum absolute atomic E-state index is 0.142. The van der Waals surface area contributed by atoms with Gasteiger partial charge in [0.15, 0.2) is 18.7 Å². The Morgan fingerprint density at radius 1 is 0.612 bits per heavy atom. The highest BCUT2D eigenvalue weighted by molar-refractivity contribution is 5.73. The topological polar surface area (TPSA) is 157 Å². The molecule has 288 valence electrons. The second-order valence-electron chi connectivity index (χ2n) is 12.2. The summed E-state index contributed by atoms with van der Waals surface area (Å²) < 4.78 is 78.7. The van der Waals surface area contributed by atoms with Crippen LogP contribution in [0.15, 0.2) is 0 Å². The second kappa shape index (κ2) is 25.0. The van der Waals surface area contributed by atoms with Crippen molar-refractivity contribution in [2.24, 2.45) is 0 Å². The van der Waals surface area contributed by atoms with Gasteiger partial charge in [-0.2, -0.15) is 0 Å². The molecule has 3 saturated heterocycles. The fourth-order valence-electron chi connectivity index (χ4n) is 5.87. The van der Waals surface area contributed by atoms with Gasteiger partial charge in [-0.25, -0.2) is 4.79 Å². The number of unbranched alkanes of at least 4 members (excludes halogenated alkanes) is 3. The van der Waals surface area contributed by atoms with E-state index in [1.54, 1.807) is 7.11 Å². The molecule has 0 aromatic heterocycles. The van der Waals surface area contributed by atoms with Gasteiger partial charge in [0.25, 0.3) is 0 Å². The van der Waals surface area contributed by atoms with Gasteiger partial charge >= 0.3 is 5.97 Å². The number of aliphatic carboxylic acids is 1. The highest BCUT2D eigenvalue weighted by Crippen LogP contribution is 2.31. The SMILES string of the molecule is CCCCOC[C@H]1O[C@H](OC)[C@@H]2OCCOCCO[C@@H]3[C@@H](OCCOCCO[C@H]2[C@@H]1OCCCC)[C@@H](OC)O[C@H](C(=O)O)[C@H]3OCCCC. The first-order valence-corrected chi connectivity index (χ1v) is 18.0. The summed E-state index contributed by atoms with van der Waals surface area (Å²) in [6.45, 7) is 9.86. The molecule has 0 spiro atoms. The number of hydrogen-bond donors (Lipinski definition) is 1. The quantitative estimate of drug-likeness (QED) is 0.233. The van der Waals surface area contributed by atoms with Crippen molar-refractivity contribution < 1.29 is 71.5 Å². The van der Waals surface area contributed by atoms with Gasteiger partial charge in [0, 0.05) is 34.0 Å². The molecular weight excluding hydrogens is 648 g/mol. The largest absolute Gasteiger partial charge is 0.479 e. The minimum atomic E-state index is -1.30. The summed E-state index contributed by atoms with van der Waals surface area (Å²) in [6.07, 6.45) is -2.01. The van der Waals surface area contributed by atoms with Crippen molar-refractivity contribution in [3.63, 3.8) is 0 Å². The van der Waals surface area contributed by atoms with Crippen molar-refractivity contribution >= 4 is 5.97 Å². The number of rotatable bonds is 16. The molecule has 15 nitrogen and oxygen atoms in total. The van der Waals surface area contributed by atoms with Gasteiger partial charge in [-0.1, -0.05) is 40.0 Å². The van der Waals surface area contributed by atoms with Crippen molar-refractivity contribution in [3.05, 3.63) is 0 Å². The Morgan fingerprint density at radius 3 is 1.55 bits per heavy atom. The first-order chi connectivity index (χ1) is 24.0. The van der Waals surface area contributed by atoms with Crippen LogP contribution in [-0.2, 0) is 66.4 Å². The fourth-order valence-corrected chi connectivity index (χ4v) is 5.87. The van der Waals surface area contributed by atoms with E-state index in [2.05, 4.69) is 13.8 Å². The Labute approximate surface area is 291 Å². The highest BCUT2D eigenvalue weighted by atomic mass is 16.7. The van der Waals surface area contributed by atoms with Crippen LogP contribution in [0.4, 0.5) is 0 Å². The summed E-state index contributed by atoms with van der Waals surface area (Å²) in [4.78, 5) is 12.2. The van der Waals surface area contributed by atoms with Crippen molar-refractivity contribution in [3.8, 4) is 0 Å². The van der Waals surface area contributed by atoms with Gasteiger partial charge in [0.05, 0.1) is 59.5 Å². The van der Waals surface area contributed by atoms with E-state index < -0.39 is 67.4 Å². The Balaban J connectivity index is 1.73. The summed E-state index contributed by atoms with van der Waals surface area (Å²) in [7, 11) is 3.01. The van der Waals surface area contributed by atoms with Crippen LogP contribution < -0.4 is 0 Å². The highest BCUT2D eigenvalue weighted by Gasteiger charge is 2.52. The zero-order valence-corrected chi connectivity index (χ0v) is 30.2. The van der Waals surface area contributed by atoms with E-state index in [4.69, 9.17) is 61.6 Å². The summed E-state index contributed by atoms with van der Waals surface area (Å²) >= 11 is 0. The zero-order chi connectivity index (χ0) is 35.3. The van der Waals surface area contributed by atoms with E-state index in [0.29, 0.717) is 26.4 Å². The van der Waals surface area contributed by atoms with E-state index in [1.807, 2.05) is 6.92 Å². The summed E-state index contributed by atoms with van der Waals surface area (Å²) in [6, 6.07) is 0. The predicted molar refractivity (Wildman–Crippen MR) is 175 cm³/mol. The Hall–Kier alpha value is -1.05. The maximum atomic E-state index is 12.2. The molecule has 3 aliphatic rings. The number of fused-ring (bicyclic) bond motifs is 2. The van der Waals surface area contributed by atoms with Crippen LogP contribution >= 0.6 is 0 Å². The number of hydrogen-bond acceptors (Lipinski definition) is 14. The first-order valence-electron chi connectivity index (χ1n) is 18.0. The van der Waals surface area contributed by atoms with Gasteiger partial charge in [-0.3, -0.25) is 0 Å². The lowest BCUT2D eigenvalue weighted by molar-refractivity contribution is -0.320. The zero-order valence-electron chi connectivity index (χ0n) is 30.2.